The lowest BCUT2D eigenvalue weighted by atomic mass is 9.96. The van der Waals surface area contributed by atoms with Crippen LogP contribution in [-0.4, -0.2) is 21.2 Å². The fourth-order valence-electron chi connectivity index (χ4n) is 5.27. The molecular formula is C33H27ClFN3O3S. The van der Waals surface area contributed by atoms with Gasteiger partial charge >= 0.3 is 5.97 Å². The highest BCUT2D eigenvalue weighted by Gasteiger charge is 2.33. The van der Waals surface area contributed by atoms with Crippen molar-refractivity contribution in [2.45, 2.75) is 39.5 Å². The van der Waals surface area contributed by atoms with E-state index in [1.807, 2.05) is 48.7 Å². The topological polar surface area (TPSA) is 65.6 Å². The number of nitrogens with zero attached hydrogens (tertiary/aromatic N) is 3. The number of benzene rings is 3. The van der Waals surface area contributed by atoms with Gasteiger partial charge in [0.2, 0.25) is 0 Å². The molecule has 1 aliphatic rings. The molecule has 212 valence electrons. The van der Waals surface area contributed by atoms with Gasteiger partial charge in [-0.25, -0.2) is 14.2 Å². The van der Waals surface area contributed by atoms with E-state index in [9.17, 15) is 14.0 Å². The van der Waals surface area contributed by atoms with Crippen LogP contribution < -0.4 is 14.9 Å². The highest BCUT2D eigenvalue weighted by Crippen LogP contribution is 2.32. The summed E-state index contributed by atoms with van der Waals surface area (Å²) in [7, 11) is 0. The van der Waals surface area contributed by atoms with Crippen molar-refractivity contribution in [1.82, 2.24) is 9.13 Å². The summed E-state index contributed by atoms with van der Waals surface area (Å²) < 4.78 is 23.2. The first-order valence-electron chi connectivity index (χ1n) is 13.5. The maximum absolute atomic E-state index is 14.1. The molecule has 0 N–H and O–H groups in total. The van der Waals surface area contributed by atoms with Crippen LogP contribution in [0.2, 0.25) is 5.02 Å². The molecule has 3 aromatic carbocycles. The number of rotatable bonds is 6. The number of para-hydroxylation sites is 1. The molecule has 0 fully saturated rings. The number of fused-ring (bicyclic) bond motifs is 2. The molecule has 0 unspecified atom stereocenters. The monoisotopic (exact) mass is 599 g/mol. The molecule has 0 saturated carbocycles. The van der Waals surface area contributed by atoms with Crippen molar-refractivity contribution >= 4 is 45.9 Å². The predicted molar refractivity (Wildman–Crippen MR) is 164 cm³/mol. The zero-order chi connectivity index (χ0) is 29.5. The lowest BCUT2D eigenvalue weighted by molar-refractivity contribution is -0.143. The molecule has 0 bridgehead atoms. The van der Waals surface area contributed by atoms with E-state index >= 15 is 0 Å². The second-order valence-corrected chi connectivity index (χ2v) is 11.9. The maximum atomic E-state index is 14.1. The third-order valence-electron chi connectivity index (χ3n) is 7.14. The van der Waals surface area contributed by atoms with Crippen LogP contribution in [0.5, 0.6) is 0 Å². The van der Waals surface area contributed by atoms with Crippen LogP contribution in [-0.2, 0) is 16.1 Å². The summed E-state index contributed by atoms with van der Waals surface area (Å²) in [5.41, 5.74) is 4.13. The Bertz CT molecular complexity index is 2040. The molecule has 5 aromatic rings. The standard InChI is InChI=1S/C33H27ClFN3O3S/c1-19(2)41-32(40)29-20(3)36-33-38(30(29)22-10-12-24(34)13-11-22)31(39)28(42-33)16-23-18-37(27-7-5-4-6-26(23)27)17-21-8-14-25(35)15-9-21/h4-16,18-19,30H,17H2,1-3H3/b28-16-/t30-/m0/s1. The molecule has 1 aliphatic heterocycles. The average molecular weight is 600 g/mol. The van der Waals surface area contributed by atoms with E-state index in [1.165, 1.54) is 23.5 Å². The number of ether oxygens (including phenoxy) is 1. The van der Waals surface area contributed by atoms with Crippen LogP contribution in [0.15, 0.2) is 100 Å². The molecule has 2 aromatic heterocycles. The van der Waals surface area contributed by atoms with E-state index in [4.69, 9.17) is 16.3 Å². The summed E-state index contributed by atoms with van der Waals surface area (Å²) in [6.45, 7) is 5.88. The minimum Gasteiger partial charge on any atom is -0.459 e. The van der Waals surface area contributed by atoms with Gasteiger partial charge in [-0.1, -0.05) is 65.4 Å². The van der Waals surface area contributed by atoms with Gasteiger partial charge in [0.15, 0.2) is 4.80 Å². The van der Waals surface area contributed by atoms with Crippen molar-refractivity contribution in [1.29, 1.82) is 0 Å². The fraction of sp³-hybridized carbons (Fsp3) is 0.182. The highest BCUT2D eigenvalue weighted by atomic mass is 35.5. The zero-order valence-electron chi connectivity index (χ0n) is 23.2. The van der Waals surface area contributed by atoms with Gasteiger partial charge in [0.1, 0.15) is 5.82 Å². The lowest BCUT2D eigenvalue weighted by Crippen LogP contribution is -2.40. The third kappa shape index (κ3) is 5.24. The van der Waals surface area contributed by atoms with Crippen LogP contribution in [0.1, 0.15) is 43.5 Å². The molecule has 9 heteroatoms. The van der Waals surface area contributed by atoms with E-state index < -0.39 is 12.0 Å². The lowest BCUT2D eigenvalue weighted by Gasteiger charge is -2.25. The summed E-state index contributed by atoms with van der Waals surface area (Å²) in [5, 5.41) is 1.53. The molecule has 0 aliphatic carbocycles. The Morgan fingerprint density at radius 3 is 2.52 bits per heavy atom. The second-order valence-electron chi connectivity index (χ2n) is 10.4. The normalized spacial score (nSPS) is 15.3. The van der Waals surface area contributed by atoms with Crippen molar-refractivity contribution in [3.05, 3.63) is 137 Å². The second kappa shape index (κ2) is 11.2. The average Bonchev–Trinajstić information content (AvgIpc) is 3.45. The van der Waals surface area contributed by atoms with Crippen molar-refractivity contribution in [2.24, 2.45) is 4.99 Å². The highest BCUT2D eigenvalue weighted by molar-refractivity contribution is 7.07. The quantitative estimate of drug-likeness (QED) is 0.226. The SMILES string of the molecule is CC1=C(C(=O)OC(C)C)[C@H](c2ccc(Cl)cc2)n2c(s/c(=C\c3cn(Cc4ccc(F)cc4)c4ccccc34)c2=O)=N1. The van der Waals surface area contributed by atoms with Crippen molar-refractivity contribution in [3.63, 3.8) is 0 Å². The van der Waals surface area contributed by atoms with Crippen LogP contribution in [0.4, 0.5) is 4.39 Å². The van der Waals surface area contributed by atoms with Gasteiger partial charge in [-0.2, -0.15) is 0 Å². The molecule has 0 saturated heterocycles. The Morgan fingerprint density at radius 2 is 1.81 bits per heavy atom. The number of hydrogen-bond donors (Lipinski definition) is 0. The minimum atomic E-state index is -0.716. The number of esters is 1. The van der Waals surface area contributed by atoms with E-state index in [2.05, 4.69) is 9.56 Å². The first kappa shape index (κ1) is 27.9. The molecule has 0 radical (unpaired) electrons. The Hall–Kier alpha value is -4.27. The largest absolute Gasteiger partial charge is 0.459 e. The molecular weight excluding hydrogens is 573 g/mol. The fourth-order valence-corrected chi connectivity index (χ4v) is 6.43. The molecule has 42 heavy (non-hydrogen) atoms. The molecule has 0 spiro atoms. The van der Waals surface area contributed by atoms with Crippen LogP contribution in [0.25, 0.3) is 17.0 Å². The number of carbonyl (C=O) groups is 1. The van der Waals surface area contributed by atoms with Crippen LogP contribution in [0, 0.1) is 5.82 Å². The number of allylic oxidation sites excluding steroid dienone is 1. The van der Waals surface area contributed by atoms with E-state index in [0.29, 0.717) is 32.2 Å². The van der Waals surface area contributed by atoms with Gasteiger partial charge in [-0.15, -0.1) is 0 Å². The Kier molecular flexibility index (Phi) is 7.43. The van der Waals surface area contributed by atoms with Gasteiger partial charge in [0.25, 0.3) is 5.56 Å². The van der Waals surface area contributed by atoms with Crippen molar-refractivity contribution < 1.29 is 13.9 Å². The number of halogens is 2. The number of hydrogen-bond acceptors (Lipinski definition) is 5. The van der Waals surface area contributed by atoms with Gasteiger partial charge in [-0.05, 0) is 68.3 Å². The van der Waals surface area contributed by atoms with E-state index in [0.717, 1.165) is 27.6 Å². The van der Waals surface area contributed by atoms with Crippen molar-refractivity contribution in [2.75, 3.05) is 0 Å². The first-order valence-corrected chi connectivity index (χ1v) is 14.7. The van der Waals surface area contributed by atoms with E-state index in [-0.39, 0.29) is 17.5 Å². The van der Waals surface area contributed by atoms with Gasteiger partial charge < -0.3 is 9.30 Å². The molecule has 1 atom stereocenters. The van der Waals surface area contributed by atoms with Crippen molar-refractivity contribution in [3.8, 4) is 0 Å². The number of aromatic nitrogens is 2. The van der Waals surface area contributed by atoms with Gasteiger partial charge in [0.05, 0.1) is 27.9 Å². The molecule has 6 rings (SSSR count). The van der Waals surface area contributed by atoms with E-state index in [1.54, 1.807) is 49.6 Å². The first-order chi connectivity index (χ1) is 20.2. The Balaban J connectivity index is 1.50. The van der Waals surface area contributed by atoms with Gasteiger partial charge in [0, 0.05) is 34.2 Å². The van der Waals surface area contributed by atoms with Crippen LogP contribution in [0.3, 0.4) is 0 Å². The maximum Gasteiger partial charge on any atom is 0.338 e. The summed E-state index contributed by atoms with van der Waals surface area (Å²) in [6.07, 6.45) is 3.54. The van der Waals surface area contributed by atoms with Gasteiger partial charge in [-0.3, -0.25) is 9.36 Å². The summed E-state index contributed by atoms with van der Waals surface area (Å²) in [4.78, 5) is 32.5. The summed E-state index contributed by atoms with van der Waals surface area (Å²) in [6, 6.07) is 20.8. The smallest absolute Gasteiger partial charge is 0.338 e. The third-order valence-corrected chi connectivity index (χ3v) is 8.38. The molecule has 6 nitrogen and oxygen atoms in total. The number of carbonyl (C=O) groups excluding carboxylic acids is 1. The molecule has 0 amide bonds. The number of thiazole rings is 1. The Morgan fingerprint density at radius 1 is 1.10 bits per heavy atom. The zero-order valence-corrected chi connectivity index (χ0v) is 24.7. The molecule has 3 heterocycles. The summed E-state index contributed by atoms with van der Waals surface area (Å²) >= 11 is 7.45. The predicted octanol–water partition coefficient (Wildman–Crippen LogP) is 5.98. The van der Waals surface area contributed by atoms with Crippen LogP contribution >= 0.6 is 22.9 Å². The minimum absolute atomic E-state index is 0.253. The Labute approximate surface area is 250 Å². The summed E-state index contributed by atoms with van der Waals surface area (Å²) in [5.74, 6) is -0.788.